The third-order valence-corrected chi connectivity index (χ3v) is 3.68. The first kappa shape index (κ1) is 13.5. The quantitative estimate of drug-likeness (QED) is 0.393. The van der Waals surface area contributed by atoms with Gasteiger partial charge in [-0.2, -0.15) is 0 Å². The summed E-state index contributed by atoms with van der Waals surface area (Å²) in [5, 5.41) is 21.4. The lowest BCUT2D eigenvalue weighted by Crippen LogP contribution is -2.21. The molecule has 0 radical (unpaired) electrons. The number of para-hydroxylation sites is 1. The highest BCUT2D eigenvalue weighted by molar-refractivity contribution is 9.09. The van der Waals surface area contributed by atoms with Crippen molar-refractivity contribution >= 4 is 27.3 Å². The lowest BCUT2D eigenvalue weighted by molar-refractivity contribution is -0.384. The lowest BCUT2D eigenvalue weighted by Gasteiger charge is -2.23. The van der Waals surface area contributed by atoms with Crippen LogP contribution in [0.3, 0.4) is 0 Å². The van der Waals surface area contributed by atoms with Gasteiger partial charge in [0.1, 0.15) is 5.69 Å². The first-order valence-corrected chi connectivity index (χ1v) is 6.24. The first-order valence-electron chi connectivity index (χ1n) is 5.44. The Morgan fingerprint density at radius 2 is 1.79 bits per heavy atom. The Balaban J connectivity index is 2.59. The summed E-state index contributed by atoms with van der Waals surface area (Å²) in [6.45, 7) is 0. The average Bonchev–Trinajstić information content (AvgIpc) is 2.39. The van der Waals surface area contributed by atoms with Gasteiger partial charge >= 0.3 is 0 Å². The fraction of sp³-hybridized carbons (Fsp3) is 0.0769. The van der Waals surface area contributed by atoms with Gasteiger partial charge in [-0.1, -0.05) is 42.5 Å². The highest BCUT2D eigenvalue weighted by Gasteiger charge is 2.32. The number of rotatable bonds is 3. The number of nitrogens with zero attached hydrogens (tertiary/aromatic N) is 1. The van der Waals surface area contributed by atoms with Crippen LogP contribution in [0.15, 0.2) is 48.5 Å². The Bertz CT molecular complexity index is 615. The smallest absolute Gasteiger partial charge is 0.292 e. The Morgan fingerprint density at radius 3 is 2.37 bits per heavy atom. The number of aliphatic hydroxyl groups is 1. The molecule has 0 spiro atoms. The van der Waals surface area contributed by atoms with Gasteiger partial charge in [0, 0.05) is 11.6 Å². The Kier molecular flexibility index (Phi) is 3.55. The van der Waals surface area contributed by atoms with E-state index in [4.69, 9.17) is 5.73 Å². The van der Waals surface area contributed by atoms with Crippen molar-refractivity contribution in [3.8, 4) is 0 Å². The second kappa shape index (κ2) is 4.99. The molecule has 5 nitrogen and oxygen atoms in total. The highest BCUT2D eigenvalue weighted by Crippen LogP contribution is 2.41. The van der Waals surface area contributed by atoms with Crippen LogP contribution in [-0.4, -0.2) is 10.0 Å². The molecule has 0 aliphatic carbocycles. The molecule has 2 aromatic carbocycles. The zero-order chi connectivity index (χ0) is 14.0. The largest absolute Gasteiger partial charge is 0.393 e. The summed E-state index contributed by atoms with van der Waals surface area (Å²) in [6, 6.07) is 13.1. The van der Waals surface area contributed by atoms with E-state index in [9.17, 15) is 15.2 Å². The van der Waals surface area contributed by atoms with E-state index < -0.39 is 9.43 Å². The third kappa shape index (κ3) is 2.45. The zero-order valence-electron chi connectivity index (χ0n) is 9.79. The third-order valence-electron chi connectivity index (χ3n) is 2.79. The SMILES string of the molecule is Nc1c([N+](=O)[O-])cccc1C(O)(Br)c1ccccc1. The number of anilines is 1. The van der Waals surface area contributed by atoms with Crippen LogP contribution >= 0.6 is 15.9 Å². The number of hydrogen-bond acceptors (Lipinski definition) is 4. The van der Waals surface area contributed by atoms with Crippen molar-refractivity contribution in [1.82, 2.24) is 0 Å². The molecule has 0 aromatic heterocycles. The zero-order valence-corrected chi connectivity index (χ0v) is 11.4. The second-order valence-electron chi connectivity index (χ2n) is 3.98. The summed E-state index contributed by atoms with van der Waals surface area (Å²) < 4.78 is -1.57. The Hall–Kier alpha value is -1.92. The van der Waals surface area contributed by atoms with Crippen LogP contribution in [-0.2, 0) is 4.51 Å². The molecule has 0 fully saturated rings. The van der Waals surface area contributed by atoms with Crippen LogP contribution in [0.25, 0.3) is 0 Å². The number of nitro groups is 1. The van der Waals surface area contributed by atoms with E-state index in [2.05, 4.69) is 15.9 Å². The van der Waals surface area contributed by atoms with Gasteiger partial charge in [-0.15, -0.1) is 0 Å². The molecule has 0 saturated carbocycles. The van der Waals surface area contributed by atoms with Crippen molar-refractivity contribution in [3.05, 3.63) is 69.8 Å². The minimum atomic E-state index is -1.57. The van der Waals surface area contributed by atoms with E-state index in [1.165, 1.54) is 12.1 Å². The van der Waals surface area contributed by atoms with Gasteiger partial charge in [-0.05, 0) is 21.5 Å². The molecule has 0 amide bonds. The number of benzene rings is 2. The summed E-state index contributed by atoms with van der Waals surface area (Å²) in [5.41, 5.74) is 6.27. The maximum absolute atomic E-state index is 10.9. The van der Waals surface area contributed by atoms with Gasteiger partial charge < -0.3 is 10.8 Å². The molecule has 1 atom stereocenters. The molecule has 0 aliphatic rings. The van der Waals surface area contributed by atoms with Crippen molar-refractivity contribution in [2.45, 2.75) is 4.51 Å². The van der Waals surface area contributed by atoms with Gasteiger partial charge in [0.2, 0.25) is 0 Å². The number of halogens is 1. The van der Waals surface area contributed by atoms with Crippen molar-refractivity contribution < 1.29 is 10.0 Å². The number of nitro benzene ring substituents is 1. The molecule has 0 heterocycles. The van der Waals surface area contributed by atoms with Crippen LogP contribution in [0.4, 0.5) is 11.4 Å². The van der Waals surface area contributed by atoms with Gasteiger partial charge in [0.15, 0.2) is 4.51 Å². The van der Waals surface area contributed by atoms with Crippen LogP contribution < -0.4 is 5.73 Å². The topological polar surface area (TPSA) is 89.4 Å². The van der Waals surface area contributed by atoms with Gasteiger partial charge in [0.25, 0.3) is 5.69 Å². The maximum Gasteiger partial charge on any atom is 0.292 e. The van der Waals surface area contributed by atoms with Crippen LogP contribution in [0.2, 0.25) is 0 Å². The van der Waals surface area contributed by atoms with E-state index >= 15 is 0 Å². The number of alkyl halides is 1. The summed E-state index contributed by atoms with van der Waals surface area (Å²) in [5.74, 6) is 0. The minimum Gasteiger partial charge on any atom is -0.393 e. The Labute approximate surface area is 118 Å². The molecule has 2 rings (SSSR count). The number of nitrogens with two attached hydrogens (primary N) is 1. The van der Waals surface area contributed by atoms with Crippen molar-refractivity contribution in [2.24, 2.45) is 0 Å². The standard InChI is InChI=1S/C13H11BrN2O3/c14-13(17,9-5-2-1-3-6-9)10-7-4-8-11(12(10)15)16(18)19/h1-8,17H,15H2. The summed E-state index contributed by atoms with van der Waals surface area (Å²) in [4.78, 5) is 10.3. The van der Waals surface area contributed by atoms with E-state index in [1.54, 1.807) is 30.3 Å². The van der Waals surface area contributed by atoms with E-state index in [-0.39, 0.29) is 16.9 Å². The second-order valence-corrected chi connectivity index (χ2v) is 5.13. The van der Waals surface area contributed by atoms with E-state index in [1.807, 2.05) is 6.07 Å². The fourth-order valence-corrected chi connectivity index (χ4v) is 2.43. The Morgan fingerprint density at radius 1 is 1.16 bits per heavy atom. The average molecular weight is 323 g/mol. The summed E-state index contributed by atoms with van der Waals surface area (Å²) in [6.07, 6.45) is 0. The molecule has 2 aromatic rings. The van der Waals surface area contributed by atoms with Crippen LogP contribution in [0, 0.1) is 10.1 Å². The highest BCUT2D eigenvalue weighted by atomic mass is 79.9. The molecule has 19 heavy (non-hydrogen) atoms. The van der Waals surface area contributed by atoms with Crippen molar-refractivity contribution in [3.63, 3.8) is 0 Å². The van der Waals surface area contributed by atoms with E-state index in [0.29, 0.717) is 5.56 Å². The van der Waals surface area contributed by atoms with Gasteiger partial charge in [0.05, 0.1) is 4.92 Å². The molecule has 3 N–H and O–H groups in total. The lowest BCUT2D eigenvalue weighted by atomic mass is 9.99. The minimum absolute atomic E-state index is 0.0595. The van der Waals surface area contributed by atoms with Gasteiger partial charge in [-0.25, -0.2) is 0 Å². The molecule has 6 heteroatoms. The van der Waals surface area contributed by atoms with E-state index in [0.717, 1.165) is 0 Å². The predicted molar refractivity (Wildman–Crippen MR) is 75.9 cm³/mol. The predicted octanol–water partition coefficient (Wildman–Crippen LogP) is 2.77. The monoisotopic (exact) mass is 322 g/mol. The van der Waals surface area contributed by atoms with Crippen molar-refractivity contribution in [1.29, 1.82) is 0 Å². The molecular weight excluding hydrogens is 312 g/mol. The fourth-order valence-electron chi connectivity index (χ4n) is 1.82. The molecular formula is C13H11BrN2O3. The first-order chi connectivity index (χ1) is 8.94. The summed E-state index contributed by atoms with van der Waals surface area (Å²) >= 11 is 3.19. The normalized spacial score (nSPS) is 13.8. The van der Waals surface area contributed by atoms with Gasteiger partial charge in [-0.3, -0.25) is 10.1 Å². The van der Waals surface area contributed by atoms with Crippen LogP contribution in [0.5, 0.6) is 0 Å². The maximum atomic E-state index is 10.9. The van der Waals surface area contributed by atoms with Crippen molar-refractivity contribution in [2.75, 3.05) is 5.73 Å². The molecule has 0 bridgehead atoms. The van der Waals surface area contributed by atoms with Crippen LogP contribution in [0.1, 0.15) is 11.1 Å². The molecule has 0 saturated heterocycles. The number of hydrogen-bond donors (Lipinski definition) is 2. The molecule has 1 unspecified atom stereocenters. The molecule has 0 aliphatic heterocycles. The number of nitrogen functional groups attached to an aromatic ring is 1. The molecule has 98 valence electrons. The summed E-state index contributed by atoms with van der Waals surface area (Å²) in [7, 11) is 0.